The van der Waals surface area contributed by atoms with Crippen molar-refractivity contribution in [2.24, 2.45) is 0 Å². The molecule has 3 N–H and O–H groups in total. The Kier molecular flexibility index (Phi) is 6.42. The minimum Gasteiger partial charge on any atom is -0.394 e. The fourth-order valence-corrected chi connectivity index (χ4v) is 1.97. The Bertz CT molecular complexity index is 440. The highest BCUT2D eigenvalue weighted by molar-refractivity contribution is 5.94. The zero-order valence-electron chi connectivity index (χ0n) is 12.0. The van der Waals surface area contributed by atoms with Crippen LogP contribution in [0.1, 0.15) is 56.3 Å². The summed E-state index contributed by atoms with van der Waals surface area (Å²) in [6.45, 7) is 4.02. The Balaban J connectivity index is 2.54. The maximum absolute atomic E-state index is 13.3. The number of nitrogens with one attached hydrogen (secondary N) is 1. The number of amides is 1. The number of hydrogen-bond acceptors (Lipinski definition) is 2. The molecule has 1 rings (SSSR count). The molecule has 0 heterocycles. The van der Waals surface area contributed by atoms with Gasteiger partial charge in [-0.05, 0) is 25.5 Å². The van der Waals surface area contributed by atoms with E-state index in [1.165, 1.54) is 6.42 Å². The Morgan fingerprint density at radius 1 is 1.25 bits per heavy atom. The number of halogens is 2. The van der Waals surface area contributed by atoms with Gasteiger partial charge in [-0.25, -0.2) is 8.78 Å². The molecule has 0 bridgehead atoms. The molecule has 0 saturated heterocycles. The van der Waals surface area contributed by atoms with Crippen molar-refractivity contribution in [3.05, 3.63) is 29.3 Å². The first-order chi connectivity index (χ1) is 9.45. The molecular weight excluding hydrogens is 262 g/mol. The molecular formula is C15H22F2N2O. The second-order valence-electron chi connectivity index (χ2n) is 5.08. The Morgan fingerprint density at radius 2 is 1.85 bits per heavy atom. The molecule has 0 saturated carbocycles. The van der Waals surface area contributed by atoms with Crippen LogP contribution in [-0.2, 0) is 0 Å². The summed E-state index contributed by atoms with van der Waals surface area (Å²) in [7, 11) is 0. The summed E-state index contributed by atoms with van der Waals surface area (Å²) in [5.74, 6) is -2.30. The average Bonchev–Trinajstić information content (AvgIpc) is 2.40. The molecule has 20 heavy (non-hydrogen) atoms. The largest absolute Gasteiger partial charge is 0.394 e. The highest BCUT2D eigenvalue weighted by Gasteiger charge is 2.14. The molecule has 1 aromatic carbocycles. The summed E-state index contributed by atoms with van der Waals surface area (Å²) in [6, 6.07) is 1.89. The lowest BCUT2D eigenvalue weighted by molar-refractivity contribution is 0.0937. The number of hydrogen-bond donors (Lipinski definition) is 2. The summed E-state index contributed by atoms with van der Waals surface area (Å²) in [5.41, 5.74) is 4.56. The Morgan fingerprint density at radius 3 is 2.40 bits per heavy atom. The van der Waals surface area contributed by atoms with Gasteiger partial charge in [0.15, 0.2) is 0 Å². The van der Waals surface area contributed by atoms with Crippen LogP contribution < -0.4 is 11.1 Å². The van der Waals surface area contributed by atoms with Gasteiger partial charge < -0.3 is 11.1 Å². The van der Waals surface area contributed by atoms with E-state index in [2.05, 4.69) is 12.2 Å². The molecule has 1 amide bonds. The van der Waals surface area contributed by atoms with E-state index in [4.69, 9.17) is 5.73 Å². The van der Waals surface area contributed by atoms with Gasteiger partial charge in [0, 0.05) is 11.6 Å². The van der Waals surface area contributed by atoms with Gasteiger partial charge in [-0.3, -0.25) is 4.79 Å². The monoisotopic (exact) mass is 284 g/mol. The van der Waals surface area contributed by atoms with Crippen molar-refractivity contribution < 1.29 is 13.6 Å². The van der Waals surface area contributed by atoms with Gasteiger partial charge >= 0.3 is 0 Å². The zero-order chi connectivity index (χ0) is 15.1. The predicted octanol–water partition coefficient (Wildman–Crippen LogP) is 3.64. The number of anilines is 1. The zero-order valence-corrected chi connectivity index (χ0v) is 12.0. The molecule has 0 aliphatic carbocycles. The molecule has 0 aliphatic heterocycles. The third kappa shape index (κ3) is 4.79. The molecule has 112 valence electrons. The minimum atomic E-state index is -0.911. The fraction of sp³-hybridized carbons (Fsp3) is 0.533. The van der Waals surface area contributed by atoms with E-state index in [1.54, 1.807) is 0 Å². The minimum absolute atomic E-state index is 0.0250. The average molecular weight is 284 g/mol. The van der Waals surface area contributed by atoms with E-state index in [9.17, 15) is 13.6 Å². The summed E-state index contributed by atoms with van der Waals surface area (Å²) < 4.78 is 26.6. The lowest BCUT2D eigenvalue weighted by atomic mass is 10.1. The van der Waals surface area contributed by atoms with Crippen molar-refractivity contribution in [2.75, 3.05) is 5.73 Å². The summed E-state index contributed by atoms with van der Waals surface area (Å²) in [6.07, 6.45) is 5.34. The van der Waals surface area contributed by atoms with Crippen molar-refractivity contribution in [3.8, 4) is 0 Å². The second-order valence-corrected chi connectivity index (χ2v) is 5.08. The molecule has 1 atom stereocenters. The lowest BCUT2D eigenvalue weighted by Crippen LogP contribution is -2.32. The van der Waals surface area contributed by atoms with E-state index in [0.29, 0.717) is 0 Å². The van der Waals surface area contributed by atoms with Crippen LogP contribution in [0.2, 0.25) is 0 Å². The quantitative estimate of drug-likeness (QED) is 0.593. The molecule has 3 nitrogen and oxygen atoms in total. The van der Waals surface area contributed by atoms with E-state index >= 15 is 0 Å². The van der Waals surface area contributed by atoms with E-state index < -0.39 is 23.2 Å². The first-order valence-corrected chi connectivity index (χ1v) is 7.01. The first-order valence-electron chi connectivity index (χ1n) is 7.01. The SMILES string of the molecule is CCCCCCC(C)NC(=O)c1cc(F)c(N)c(F)c1. The molecule has 5 heteroatoms. The molecule has 1 unspecified atom stereocenters. The molecule has 0 radical (unpaired) electrons. The van der Waals surface area contributed by atoms with Gasteiger partial charge in [0.2, 0.25) is 0 Å². The van der Waals surface area contributed by atoms with Gasteiger partial charge in [-0.1, -0.05) is 32.6 Å². The Hall–Kier alpha value is -1.65. The van der Waals surface area contributed by atoms with Crippen LogP contribution in [0.4, 0.5) is 14.5 Å². The van der Waals surface area contributed by atoms with Gasteiger partial charge in [-0.15, -0.1) is 0 Å². The van der Waals surface area contributed by atoms with Gasteiger partial charge in [0.25, 0.3) is 5.91 Å². The summed E-state index contributed by atoms with van der Waals surface area (Å²) in [5, 5.41) is 2.73. The highest BCUT2D eigenvalue weighted by atomic mass is 19.1. The third-order valence-electron chi connectivity index (χ3n) is 3.21. The molecule has 0 aliphatic rings. The van der Waals surface area contributed by atoms with Crippen LogP contribution in [-0.4, -0.2) is 11.9 Å². The Labute approximate surface area is 118 Å². The van der Waals surface area contributed by atoms with Crippen LogP contribution in [0.5, 0.6) is 0 Å². The van der Waals surface area contributed by atoms with Crippen molar-refractivity contribution in [1.29, 1.82) is 0 Å². The van der Waals surface area contributed by atoms with Crippen LogP contribution >= 0.6 is 0 Å². The topological polar surface area (TPSA) is 55.1 Å². The summed E-state index contributed by atoms with van der Waals surface area (Å²) >= 11 is 0. The number of nitrogens with two attached hydrogens (primary N) is 1. The number of carbonyl (C=O) groups is 1. The normalized spacial score (nSPS) is 12.2. The maximum Gasteiger partial charge on any atom is 0.251 e. The molecule has 0 fully saturated rings. The summed E-state index contributed by atoms with van der Waals surface area (Å²) in [4.78, 5) is 11.9. The van der Waals surface area contributed by atoms with Crippen LogP contribution in [0.3, 0.4) is 0 Å². The van der Waals surface area contributed by atoms with Gasteiger partial charge in [0.05, 0.1) is 0 Å². The van der Waals surface area contributed by atoms with Crippen LogP contribution in [0, 0.1) is 11.6 Å². The van der Waals surface area contributed by atoms with Gasteiger partial charge in [-0.2, -0.15) is 0 Å². The number of rotatable bonds is 7. The third-order valence-corrected chi connectivity index (χ3v) is 3.21. The number of benzene rings is 1. The molecule has 0 aromatic heterocycles. The molecule has 1 aromatic rings. The van der Waals surface area contributed by atoms with E-state index in [-0.39, 0.29) is 11.6 Å². The smallest absolute Gasteiger partial charge is 0.251 e. The van der Waals surface area contributed by atoms with Crippen LogP contribution in [0.15, 0.2) is 12.1 Å². The fourth-order valence-electron chi connectivity index (χ4n) is 1.97. The number of nitrogen functional groups attached to an aromatic ring is 1. The van der Waals surface area contributed by atoms with Crippen molar-refractivity contribution >= 4 is 11.6 Å². The van der Waals surface area contributed by atoms with Crippen molar-refractivity contribution in [2.45, 2.75) is 52.0 Å². The second kappa shape index (κ2) is 7.82. The first kappa shape index (κ1) is 16.4. The maximum atomic E-state index is 13.3. The van der Waals surface area contributed by atoms with Gasteiger partial charge in [0.1, 0.15) is 17.3 Å². The standard InChI is InChI=1S/C15H22F2N2O/c1-3-4-5-6-7-10(2)19-15(20)11-8-12(16)14(18)13(17)9-11/h8-10H,3-7,18H2,1-2H3,(H,19,20). The van der Waals surface area contributed by atoms with Crippen molar-refractivity contribution in [1.82, 2.24) is 5.32 Å². The van der Waals surface area contributed by atoms with Crippen LogP contribution in [0.25, 0.3) is 0 Å². The lowest BCUT2D eigenvalue weighted by Gasteiger charge is -2.14. The number of carbonyl (C=O) groups excluding carboxylic acids is 1. The highest BCUT2D eigenvalue weighted by Crippen LogP contribution is 2.17. The predicted molar refractivity (Wildman–Crippen MR) is 76.5 cm³/mol. The van der Waals surface area contributed by atoms with E-state index in [0.717, 1.165) is 37.8 Å². The van der Waals surface area contributed by atoms with Crippen molar-refractivity contribution in [3.63, 3.8) is 0 Å². The van der Waals surface area contributed by atoms with E-state index in [1.807, 2.05) is 6.92 Å². The number of unbranched alkanes of at least 4 members (excludes halogenated alkanes) is 3. The molecule has 0 spiro atoms.